The molecule has 0 unspecified atom stereocenters. The number of carbonyl (C=O) groups excluding carboxylic acids is 1. The first-order valence-corrected chi connectivity index (χ1v) is 8.73. The van der Waals surface area contributed by atoms with Crippen molar-refractivity contribution >= 4 is 11.6 Å². The van der Waals surface area contributed by atoms with Gasteiger partial charge in [-0.05, 0) is 38.7 Å². The van der Waals surface area contributed by atoms with Crippen molar-refractivity contribution in [1.82, 2.24) is 14.8 Å². The molecule has 0 bridgehead atoms. The second-order valence-electron chi connectivity index (χ2n) is 6.79. The number of hydrogen-bond acceptors (Lipinski definition) is 4. The molecule has 25 heavy (non-hydrogen) atoms. The van der Waals surface area contributed by atoms with Gasteiger partial charge in [0.25, 0.3) is 0 Å². The summed E-state index contributed by atoms with van der Waals surface area (Å²) in [6.45, 7) is 5.26. The minimum atomic E-state index is -0.229. The summed E-state index contributed by atoms with van der Waals surface area (Å²) < 4.78 is 0. The van der Waals surface area contributed by atoms with Gasteiger partial charge in [-0.15, -0.1) is 0 Å². The lowest BCUT2D eigenvalue weighted by molar-refractivity contribution is -0.136. The molecule has 1 aliphatic heterocycles. The standard InChI is InChI=1S/C20H26N4O/c1-16-4-6-17(7-5-16)19(22(2)3)20(25)24-14-12-23(13-15-24)18-8-10-21-11-9-18/h4-11,19H,12-15H2,1-3H3/t19-/m1/s1. The summed E-state index contributed by atoms with van der Waals surface area (Å²) in [5.41, 5.74) is 3.43. The third-order valence-corrected chi connectivity index (χ3v) is 4.76. The summed E-state index contributed by atoms with van der Waals surface area (Å²) in [7, 11) is 3.94. The van der Waals surface area contributed by atoms with Crippen LogP contribution in [0.1, 0.15) is 17.2 Å². The van der Waals surface area contributed by atoms with Gasteiger partial charge >= 0.3 is 0 Å². The van der Waals surface area contributed by atoms with Gasteiger partial charge in [-0.1, -0.05) is 29.8 Å². The number of rotatable bonds is 4. The quantitative estimate of drug-likeness (QED) is 0.858. The summed E-state index contributed by atoms with van der Waals surface area (Å²) in [4.78, 5) is 23.5. The van der Waals surface area contributed by atoms with Crippen molar-refractivity contribution in [3.05, 3.63) is 59.9 Å². The van der Waals surface area contributed by atoms with Gasteiger partial charge in [-0.25, -0.2) is 0 Å². The molecule has 1 aromatic carbocycles. The zero-order chi connectivity index (χ0) is 17.8. The lowest BCUT2D eigenvalue weighted by Gasteiger charge is -2.38. The van der Waals surface area contributed by atoms with E-state index < -0.39 is 0 Å². The summed E-state index contributed by atoms with van der Waals surface area (Å²) in [6.07, 6.45) is 3.62. The number of carbonyl (C=O) groups is 1. The Hall–Kier alpha value is -2.40. The molecule has 5 heteroatoms. The zero-order valence-corrected chi connectivity index (χ0v) is 15.2. The number of amides is 1. The number of likely N-dealkylation sites (N-methyl/N-ethyl adjacent to an activating group) is 1. The first kappa shape index (κ1) is 17.4. The third-order valence-electron chi connectivity index (χ3n) is 4.76. The fourth-order valence-corrected chi connectivity index (χ4v) is 3.32. The third kappa shape index (κ3) is 3.99. The van der Waals surface area contributed by atoms with Gasteiger partial charge in [0.2, 0.25) is 5.91 Å². The van der Waals surface area contributed by atoms with E-state index in [1.165, 1.54) is 11.3 Å². The molecule has 1 aromatic heterocycles. The maximum Gasteiger partial charge on any atom is 0.244 e. The zero-order valence-electron chi connectivity index (χ0n) is 15.2. The van der Waals surface area contributed by atoms with Gasteiger partial charge in [-0.2, -0.15) is 0 Å². The van der Waals surface area contributed by atoms with E-state index in [0.29, 0.717) is 0 Å². The molecule has 0 N–H and O–H groups in total. The highest BCUT2D eigenvalue weighted by Gasteiger charge is 2.30. The summed E-state index contributed by atoms with van der Waals surface area (Å²) in [5.74, 6) is 0.184. The van der Waals surface area contributed by atoms with Gasteiger partial charge in [0, 0.05) is 44.3 Å². The van der Waals surface area contributed by atoms with Crippen molar-refractivity contribution in [2.24, 2.45) is 0 Å². The predicted molar refractivity (Wildman–Crippen MR) is 101 cm³/mol. The summed E-state index contributed by atoms with van der Waals surface area (Å²) in [6, 6.07) is 12.1. The van der Waals surface area contributed by atoms with E-state index in [0.717, 1.165) is 31.7 Å². The van der Waals surface area contributed by atoms with E-state index >= 15 is 0 Å². The second kappa shape index (κ2) is 7.66. The lowest BCUT2D eigenvalue weighted by Crippen LogP contribution is -2.51. The maximum absolute atomic E-state index is 13.1. The van der Waals surface area contributed by atoms with Gasteiger partial charge in [-0.3, -0.25) is 14.7 Å². The topological polar surface area (TPSA) is 39.7 Å². The van der Waals surface area contributed by atoms with Crippen molar-refractivity contribution in [3.63, 3.8) is 0 Å². The molecule has 5 nitrogen and oxygen atoms in total. The van der Waals surface area contributed by atoms with Crippen LogP contribution in [0.5, 0.6) is 0 Å². The first-order valence-electron chi connectivity index (χ1n) is 8.73. The lowest BCUT2D eigenvalue weighted by atomic mass is 10.0. The number of piperazine rings is 1. The molecule has 2 aromatic rings. The molecule has 132 valence electrons. The van der Waals surface area contributed by atoms with Gasteiger partial charge in [0.15, 0.2) is 0 Å². The number of aryl methyl sites for hydroxylation is 1. The molecule has 0 saturated carbocycles. The normalized spacial score (nSPS) is 16.2. The SMILES string of the molecule is Cc1ccc([C@H](C(=O)N2CCN(c3ccncc3)CC2)N(C)C)cc1. The number of aromatic nitrogens is 1. The fourth-order valence-electron chi connectivity index (χ4n) is 3.32. The molecule has 1 saturated heterocycles. The maximum atomic E-state index is 13.1. The van der Waals surface area contributed by atoms with Crippen LogP contribution in [0.2, 0.25) is 0 Å². The van der Waals surface area contributed by atoms with Crippen molar-refractivity contribution < 1.29 is 4.79 Å². The van der Waals surface area contributed by atoms with Gasteiger partial charge in [0.05, 0.1) is 0 Å². The molecule has 1 aliphatic rings. The molecular formula is C20H26N4O. The molecule has 1 amide bonds. The minimum Gasteiger partial charge on any atom is -0.368 e. The van der Waals surface area contributed by atoms with Crippen LogP contribution in [0.25, 0.3) is 0 Å². The molecule has 0 radical (unpaired) electrons. The Labute approximate surface area is 149 Å². The van der Waals surface area contributed by atoms with Crippen LogP contribution in [0, 0.1) is 6.92 Å². The van der Waals surface area contributed by atoms with E-state index in [2.05, 4.69) is 41.1 Å². The van der Waals surface area contributed by atoms with E-state index in [1.54, 1.807) is 0 Å². The molecular weight excluding hydrogens is 312 g/mol. The number of benzene rings is 1. The second-order valence-corrected chi connectivity index (χ2v) is 6.79. The minimum absolute atomic E-state index is 0.184. The fraction of sp³-hybridized carbons (Fsp3) is 0.400. The van der Waals surface area contributed by atoms with E-state index in [9.17, 15) is 4.79 Å². The predicted octanol–water partition coefficient (Wildman–Crippen LogP) is 2.34. The van der Waals surface area contributed by atoms with Gasteiger partial charge in [0.1, 0.15) is 6.04 Å². The van der Waals surface area contributed by atoms with E-state index in [4.69, 9.17) is 0 Å². The van der Waals surface area contributed by atoms with Crippen molar-refractivity contribution in [1.29, 1.82) is 0 Å². The van der Waals surface area contributed by atoms with Crippen LogP contribution in [-0.2, 0) is 4.79 Å². The number of hydrogen-bond donors (Lipinski definition) is 0. The highest BCUT2D eigenvalue weighted by atomic mass is 16.2. The monoisotopic (exact) mass is 338 g/mol. The number of anilines is 1. The van der Waals surface area contributed by atoms with Crippen molar-refractivity contribution in [3.8, 4) is 0 Å². The van der Waals surface area contributed by atoms with Crippen molar-refractivity contribution in [2.75, 3.05) is 45.2 Å². The Kier molecular flexibility index (Phi) is 5.34. The van der Waals surface area contributed by atoms with Crippen LogP contribution in [0.15, 0.2) is 48.8 Å². The van der Waals surface area contributed by atoms with Crippen LogP contribution in [0.4, 0.5) is 5.69 Å². The average Bonchev–Trinajstić information content (AvgIpc) is 2.64. The summed E-state index contributed by atoms with van der Waals surface area (Å²) >= 11 is 0. The number of pyridine rings is 1. The Morgan fingerprint density at radius 1 is 1.00 bits per heavy atom. The van der Waals surface area contributed by atoms with E-state index in [1.807, 2.05) is 48.4 Å². The Bertz CT molecular complexity index is 691. The molecule has 3 rings (SSSR count). The molecule has 1 fully saturated rings. The highest BCUT2D eigenvalue weighted by Crippen LogP contribution is 2.23. The molecule has 0 aliphatic carbocycles. The Balaban J connectivity index is 1.68. The van der Waals surface area contributed by atoms with Crippen LogP contribution >= 0.6 is 0 Å². The first-order chi connectivity index (χ1) is 12.1. The van der Waals surface area contributed by atoms with Gasteiger partial charge < -0.3 is 9.80 Å². The van der Waals surface area contributed by atoms with Crippen LogP contribution in [0.3, 0.4) is 0 Å². The summed E-state index contributed by atoms with van der Waals surface area (Å²) in [5, 5.41) is 0. The molecule has 2 heterocycles. The average molecular weight is 338 g/mol. The van der Waals surface area contributed by atoms with E-state index in [-0.39, 0.29) is 11.9 Å². The molecule has 0 spiro atoms. The van der Waals surface area contributed by atoms with Crippen LogP contribution in [-0.4, -0.2) is 61.0 Å². The smallest absolute Gasteiger partial charge is 0.244 e. The van der Waals surface area contributed by atoms with Crippen molar-refractivity contribution in [2.45, 2.75) is 13.0 Å². The molecule has 1 atom stereocenters. The largest absolute Gasteiger partial charge is 0.368 e. The highest BCUT2D eigenvalue weighted by molar-refractivity contribution is 5.83. The Morgan fingerprint density at radius 3 is 2.16 bits per heavy atom. The van der Waals surface area contributed by atoms with Crippen LogP contribution < -0.4 is 4.90 Å². The Morgan fingerprint density at radius 2 is 1.60 bits per heavy atom. The number of nitrogens with zero attached hydrogens (tertiary/aromatic N) is 4.